The number of halogens is 1. The fraction of sp³-hybridized carbons (Fsp3) is 0.357. The fourth-order valence-electron chi connectivity index (χ4n) is 1.67. The topological polar surface area (TPSA) is 22.1 Å². The third-order valence-electron chi connectivity index (χ3n) is 2.57. The van der Waals surface area contributed by atoms with Crippen LogP contribution >= 0.6 is 0 Å². The molecule has 0 radical (unpaired) electrons. The summed E-state index contributed by atoms with van der Waals surface area (Å²) in [5.74, 6) is 0.607. The third-order valence-corrected chi connectivity index (χ3v) is 2.57. The van der Waals surface area contributed by atoms with Crippen molar-refractivity contribution in [3.8, 4) is 5.88 Å². The van der Waals surface area contributed by atoms with Gasteiger partial charge in [0.05, 0.1) is 18.3 Å². The number of aromatic nitrogens is 1. The summed E-state index contributed by atoms with van der Waals surface area (Å²) in [5, 5.41) is 1.09. The second kappa shape index (κ2) is 5.62. The van der Waals surface area contributed by atoms with Crippen molar-refractivity contribution in [3.63, 3.8) is 0 Å². The van der Waals surface area contributed by atoms with Gasteiger partial charge in [0, 0.05) is 11.5 Å². The van der Waals surface area contributed by atoms with Crippen LogP contribution in [0.5, 0.6) is 5.88 Å². The Kier molecular flexibility index (Phi) is 3.91. The zero-order valence-electron chi connectivity index (χ0n) is 9.90. The molecular formula is C14H16FNO. The van der Waals surface area contributed by atoms with Gasteiger partial charge in [-0.05, 0) is 31.9 Å². The summed E-state index contributed by atoms with van der Waals surface area (Å²) in [6.45, 7) is 2.08. The molecule has 1 heterocycles. The second-order valence-corrected chi connectivity index (χ2v) is 4.11. The summed E-state index contributed by atoms with van der Waals surface area (Å²) in [7, 11) is 0. The molecule has 2 aromatic rings. The van der Waals surface area contributed by atoms with Crippen molar-refractivity contribution in [2.24, 2.45) is 0 Å². The van der Waals surface area contributed by atoms with Gasteiger partial charge in [0.25, 0.3) is 0 Å². The van der Waals surface area contributed by atoms with Crippen LogP contribution in [0.4, 0.5) is 4.39 Å². The average Bonchev–Trinajstić information content (AvgIpc) is 2.34. The van der Waals surface area contributed by atoms with Gasteiger partial charge >= 0.3 is 0 Å². The molecule has 2 nitrogen and oxygen atoms in total. The number of nitrogens with zero attached hydrogens (tertiary/aromatic N) is 1. The number of ether oxygens (including phenoxy) is 1. The Bertz CT molecular complexity index is 484. The molecule has 17 heavy (non-hydrogen) atoms. The number of benzene rings is 1. The molecule has 3 heteroatoms. The smallest absolute Gasteiger partial charge is 0.213 e. The maximum atomic E-state index is 12.6. The summed E-state index contributed by atoms with van der Waals surface area (Å²) in [5.41, 5.74) is 0.920. The molecule has 0 aliphatic carbocycles. The molecule has 1 atom stereocenters. The highest BCUT2D eigenvalue weighted by Gasteiger charge is 2.00. The first kappa shape index (κ1) is 11.8. The van der Waals surface area contributed by atoms with Gasteiger partial charge in [-0.15, -0.1) is 0 Å². The van der Waals surface area contributed by atoms with E-state index in [4.69, 9.17) is 4.74 Å². The van der Waals surface area contributed by atoms with Crippen LogP contribution in [-0.2, 0) is 0 Å². The Morgan fingerprint density at radius 3 is 2.88 bits per heavy atom. The van der Waals surface area contributed by atoms with E-state index in [1.54, 1.807) is 6.92 Å². The zero-order chi connectivity index (χ0) is 12.1. The van der Waals surface area contributed by atoms with E-state index >= 15 is 0 Å². The van der Waals surface area contributed by atoms with Crippen LogP contribution in [0.25, 0.3) is 10.9 Å². The maximum absolute atomic E-state index is 12.6. The first-order valence-electron chi connectivity index (χ1n) is 5.88. The second-order valence-electron chi connectivity index (χ2n) is 4.11. The number of para-hydroxylation sites is 1. The van der Waals surface area contributed by atoms with Crippen molar-refractivity contribution in [1.29, 1.82) is 0 Å². The molecule has 0 aliphatic heterocycles. The lowest BCUT2D eigenvalue weighted by molar-refractivity contribution is 0.263. The quantitative estimate of drug-likeness (QED) is 0.734. The fourth-order valence-corrected chi connectivity index (χ4v) is 1.67. The first-order valence-corrected chi connectivity index (χ1v) is 5.88. The maximum Gasteiger partial charge on any atom is 0.213 e. The highest BCUT2D eigenvalue weighted by molar-refractivity contribution is 5.78. The lowest BCUT2D eigenvalue weighted by atomic mass is 10.2. The van der Waals surface area contributed by atoms with E-state index in [1.165, 1.54) is 0 Å². The van der Waals surface area contributed by atoms with E-state index in [-0.39, 0.29) is 0 Å². The first-order chi connectivity index (χ1) is 8.25. The summed E-state index contributed by atoms with van der Waals surface area (Å²) in [6.07, 6.45) is 0.489. The van der Waals surface area contributed by atoms with E-state index in [2.05, 4.69) is 4.98 Å². The van der Waals surface area contributed by atoms with E-state index in [9.17, 15) is 4.39 Å². The van der Waals surface area contributed by atoms with Crippen molar-refractivity contribution < 1.29 is 9.13 Å². The highest BCUT2D eigenvalue weighted by Crippen LogP contribution is 2.16. The summed E-state index contributed by atoms with van der Waals surface area (Å²) >= 11 is 0. The standard InChI is InChI=1S/C14H16FNO/c1-11(15)5-4-10-17-14-9-8-12-6-2-3-7-13(12)16-14/h2-3,6-9,11H,4-5,10H2,1H3. The molecule has 0 saturated heterocycles. The van der Waals surface area contributed by atoms with E-state index in [1.807, 2.05) is 36.4 Å². The Morgan fingerprint density at radius 1 is 1.24 bits per heavy atom. The number of fused-ring (bicyclic) bond motifs is 1. The van der Waals surface area contributed by atoms with Crippen molar-refractivity contribution in [2.75, 3.05) is 6.61 Å². The van der Waals surface area contributed by atoms with Crippen molar-refractivity contribution in [2.45, 2.75) is 25.9 Å². The van der Waals surface area contributed by atoms with Gasteiger partial charge in [0.1, 0.15) is 0 Å². The van der Waals surface area contributed by atoms with Crippen LogP contribution < -0.4 is 4.74 Å². The lowest BCUT2D eigenvalue weighted by Gasteiger charge is -2.06. The van der Waals surface area contributed by atoms with E-state index < -0.39 is 6.17 Å². The highest BCUT2D eigenvalue weighted by atomic mass is 19.1. The zero-order valence-corrected chi connectivity index (χ0v) is 9.90. The van der Waals surface area contributed by atoms with E-state index in [0.717, 1.165) is 10.9 Å². The molecular weight excluding hydrogens is 217 g/mol. The Morgan fingerprint density at radius 2 is 2.06 bits per heavy atom. The van der Waals surface area contributed by atoms with Gasteiger partial charge in [-0.1, -0.05) is 18.2 Å². The molecule has 1 aromatic heterocycles. The Hall–Kier alpha value is -1.64. The minimum atomic E-state index is -0.761. The van der Waals surface area contributed by atoms with Crippen LogP contribution in [0.15, 0.2) is 36.4 Å². The summed E-state index contributed by atoms with van der Waals surface area (Å²) in [4.78, 5) is 4.38. The Labute approximate surface area is 100 Å². The molecule has 0 amide bonds. The SMILES string of the molecule is CC(F)CCCOc1ccc2ccccc2n1. The van der Waals surface area contributed by atoms with Gasteiger partial charge < -0.3 is 4.74 Å². The monoisotopic (exact) mass is 233 g/mol. The van der Waals surface area contributed by atoms with Crippen molar-refractivity contribution in [1.82, 2.24) is 4.98 Å². The molecule has 2 rings (SSSR count). The molecule has 1 unspecified atom stereocenters. The number of pyridine rings is 1. The number of alkyl halides is 1. The average molecular weight is 233 g/mol. The normalized spacial score (nSPS) is 12.6. The Balaban J connectivity index is 1.95. The minimum absolute atomic E-state index is 0.513. The predicted octanol–water partition coefficient (Wildman–Crippen LogP) is 3.75. The molecule has 0 bridgehead atoms. The van der Waals surface area contributed by atoms with Crippen LogP contribution in [0.2, 0.25) is 0 Å². The van der Waals surface area contributed by atoms with Gasteiger partial charge in [0.2, 0.25) is 5.88 Å². The van der Waals surface area contributed by atoms with Crippen molar-refractivity contribution in [3.05, 3.63) is 36.4 Å². The van der Waals surface area contributed by atoms with Crippen LogP contribution in [0.3, 0.4) is 0 Å². The molecule has 0 fully saturated rings. The van der Waals surface area contributed by atoms with Crippen LogP contribution in [-0.4, -0.2) is 17.8 Å². The van der Waals surface area contributed by atoms with Crippen LogP contribution in [0.1, 0.15) is 19.8 Å². The number of hydrogen-bond acceptors (Lipinski definition) is 2. The molecule has 0 aliphatic rings. The molecule has 90 valence electrons. The van der Waals surface area contributed by atoms with E-state index in [0.29, 0.717) is 25.3 Å². The van der Waals surface area contributed by atoms with Gasteiger partial charge in [0.15, 0.2) is 0 Å². The molecule has 0 saturated carbocycles. The summed E-state index contributed by atoms with van der Waals surface area (Å²) in [6, 6.07) is 11.7. The summed E-state index contributed by atoms with van der Waals surface area (Å²) < 4.78 is 18.1. The van der Waals surface area contributed by atoms with Crippen molar-refractivity contribution >= 4 is 10.9 Å². The number of rotatable bonds is 5. The largest absolute Gasteiger partial charge is 0.478 e. The lowest BCUT2D eigenvalue weighted by Crippen LogP contribution is -2.02. The molecule has 1 aromatic carbocycles. The predicted molar refractivity (Wildman–Crippen MR) is 67.0 cm³/mol. The molecule has 0 N–H and O–H groups in total. The molecule has 0 spiro atoms. The van der Waals surface area contributed by atoms with Gasteiger partial charge in [-0.2, -0.15) is 0 Å². The van der Waals surface area contributed by atoms with Gasteiger partial charge in [-0.3, -0.25) is 0 Å². The van der Waals surface area contributed by atoms with Crippen LogP contribution in [0, 0.1) is 0 Å². The number of hydrogen-bond donors (Lipinski definition) is 0. The minimum Gasteiger partial charge on any atom is -0.478 e. The third kappa shape index (κ3) is 3.41. The van der Waals surface area contributed by atoms with Gasteiger partial charge in [-0.25, -0.2) is 9.37 Å².